The number of para-hydroxylation sites is 1. The van der Waals surface area contributed by atoms with Gasteiger partial charge in [-0.2, -0.15) is 0 Å². The van der Waals surface area contributed by atoms with Crippen LogP contribution >= 0.6 is 34.5 Å². The first-order valence-electron chi connectivity index (χ1n) is 7.34. The number of thiazole rings is 1. The molecule has 2 aromatic carbocycles. The minimum absolute atomic E-state index is 0.0311. The number of anilines is 1. The van der Waals surface area contributed by atoms with Crippen molar-refractivity contribution in [1.29, 1.82) is 0 Å². The highest BCUT2D eigenvalue weighted by molar-refractivity contribution is 7.16. The average molecular weight is 408 g/mol. The summed E-state index contributed by atoms with van der Waals surface area (Å²) in [5.74, 6) is -0.597. The predicted octanol–water partition coefficient (Wildman–Crippen LogP) is 5.59. The lowest BCUT2D eigenvalue weighted by Gasteiger charge is -2.03. The van der Waals surface area contributed by atoms with Crippen LogP contribution in [0.25, 0.3) is 11.3 Å². The largest absolute Gasteiger partial charge is 0.298 e. The molecule has 0 atom stereocenters. The number of benzene rings is 2. The van der Waals surface area contributed by atoms with Gasteiger partial charge in [0.2, 0.25) is 0 Å². The Morgan fingerprint density at radius 1 is 1.23 bits per heavy atom. The topological polar surface area (TPSA) is 85.1 Å². The molecule has 0 unspecified atom stereocenters. The summed E-state index contributed by atoms with van der Waals surface area (Å²) in [6.07, 6.45) is 0. The summed E-state index contributed by atoms with van der Waals surface area (Å²) < 4.78 is 0. The van der Waals surface area contributed by atoms with Crippen LogP contribution in [0.1, 0.15) is 15.2 Å². The van der Waals surface area contributed by atoms with E-state index >= 15 is 0 Å². The number of nitro benzene ring substituents is 1. The van der Waals surface area contributed by atoms with Gasteiger partial charge in [0.1, 0.15) is 5.56 Å². The van der Waals surface area contributed by atoms with Crippen LogP contribution in [0.3, 0.4) is 0 Å². The predicted molar refractivity (Wildman–Crippen MR) is 103 cm³/mol. The Balaban J connectivity index is 1.91. The van der Waals surface area contributed by atoms with Crippen molar-refractivity contribution in [3.8, 4) is 11.3 Å². The van der Waals surface area contributed by atoms with E-state index in [-0.39, 0.29) is 11.3 Å². The summed E-state index contributed by atoms with van der Waals surface area (Å²) in [6.45, 7) is 1.85. The Kier molecular flexibility index (Phi) is 5.22. The minimum Gasteiger partial charge on any atom is -0.298 e. The van der Waals surface area contributed by atoms with Gasteiger partial charge in [-0.3, -0.25) is 20.2 Å². The van der Waals surface area contributed by atoms with Gasteiger partial charge >= 0.3 is 0 Å². The summed E-state index contributed by atoms with van der Waals surface area (Å²) >= 11 is 13.4. The van der Waals surface area contributed by atoms with Gasteiger partial charge in [-0.05, 0) is 31.2 Å². The van der Waals surface area contributed by atoms with Gasteiger partial charge in [0, 0.05) is 21.5 Å². The van der Waals surface area contributed by atoms with Crippen molar-refractivity contribution in [1.82, 2.24) is 4.98 Å². The Morgan fingerprint density at radius 2 is 1.96 bits per heavy atom. The van der Waals surface area contributed by atoms with Gasteiger partial charge < -0.3 is 0 Å². The monoisotopic (exact) mass is 407 g/mol. The van der Waals surface area contributed by atoms with Crippen LogP contribution in [0.15, 0.2) is 42.5 Å². The molecule has 0 aliphatic carbocycles. The van der Waals surface area contributed by atoms with Gasteiger partial charge in [0.05, 0.1) is 15.6 Å². The molecule has 0 bridgehead atoms. The van der Waals surface area contributed by atoms with Crippen LogP contribution in [0.2, 0.25) is 10.0 Å². The van der Waals surface area contributed by atoms with E-state index in [0.29, 0.717) is 26.4 Å². The van der Waals surface area contributed by atoms with E-state index in [1.54, 1.807) is 24.3 Å². The lowest BCUT2D eigenvalue weighted by Crippen LogP contribution is -2.13. The fourth-order valence-electron chi connectivity index (χ4n) is 2.37. The highest BCUT2D eigenvalue weighted by Crippen LogP contribution is 2.36. The van der Waals surface area contributed by atoms with Gasteiger partial charge in [-0.15, -0.1) is 11.3 Å². The summed E-state index contributed by atoms with van der Waals surface area (Å²) in [5, 5.41) is 15.0. The Hall–Kier alpha value is -2.48. The second-order valence-corrected chi connectivity index (χ2v) is 7.32. The minimum atomic E-state index is -0.597. The van der Waals surface area contributed by atoms with E-state index in [0.717, 1.165) is 4.88 Å². The number of nitro groups is 1. The normalized spacial score (nSPS) is 10.6. The molecule has 1 amide bonds. The molecule has 0 saturated carbocycles. The molecule has 1 heterocycles. The smallest absolute Gasteiger partial charge is 0.282 e. The van der Waals surface area contributed by atoms with Crippen LogP contribution < -0.4 is 5.32 Å². The fourth-order valence-corrected chi connectivity index (χ4v) is 3.69. The number of hydrogen-bond donors (Lipinski definition) is 1. The van der Waals surface area contributed by atoms with E-state index in [9.17, 15) is 14.9 Å². The van der Waals surface area contributed by atoms with Crippen molar-refractivity contribution < 1.29 is 9.72 Å². The standard InChI is InChI=1S/C17H11Cl2N3O3S/c1-9-15(11-7-6-10(18)8-13(11)19)20-17(26-9)21-16(23)12-4-2-3-5-14(12)22(24)25/h2-8H,1H3,(H,20,21,23). The second kappa shape index (κ2) is 7.41. The SMILES string of the molecule is Cc1sc(NC(=O)c2ccccc2[N+](=O)[O-])nc1-c1ccc(Cl)cc1Cl. The van der Waals surface area contributed by atoms with E-state index < -0.39 is 10.8 Å². The number of nitrogens with zero attached hydrogens (tertiary/aromatic N) is 2. The average Bonchev–Trinajstić information content (AvgIpc) is 2.94. The van der Waals surface area contributed by atoms with Gasteiger partial charge in [-0.25, -0.2) is 4.98 Å². The second-order valence-electron chi connectivity index (χ2n) is 5.28. The lowest BCUT2D eigenvalue weighted by molar-refractivity contribution is -0.385. The maximum Gasteiger partial charge on any atom is 0.282 e. The number of amides is 1. The summed E-state index contributed by atoms with van der Waals surface area (Å²) in [6, 6.07) is 10.8. The molecule has 132 valence electrons. The van der Waals surface area contributed by atoms with Crippen molar-refractivity contribution in [2.75, 3.05) is 5.32 Å². The number of nitrogens with one attached hydrogen (secondary N) is 1. The van der Waals surface area contributed by atoms with Gasteiger partial charge in [-0.1, -0.05) is 35.3 Å². The van der Waals surface area contributed by atoms with Crippen LogP contribution in [-0.2, 0) is 0 Å². The zero-order chi connectivity index (χ0) is 18.8. The molecule has 0 radical (unpaired) electrons. The van der Waals surface area contributed by atoms with Crippen molar-refractivity contribution >= 4 is 51.3 Å². The summed E-state index contributed by atoms with van der Waals surface area (Å²) in [7, 11) is 0. The van der Waals surface area contributed by atoms with Gasteiger partial charge in [0.25, 0.3) is 11.6 Å². The zero-order valence-electron chi connectivity index (χ0n) is 13.3. The molecule has 1 aromatic heterocycles. The summed E-state index contributed by atoms with van der Waals surface area (Å²) in [5.41, 5.74) is 1.02. The third-order valence-electron chi connectivity index (χ3n) is 3.55. The molecule has 0 aliphatic heterocycles. The van der Waals surface area contributed by atoms with Crippen LogP contribution in [-0.4, -0.2) is 15.8 Å². The van der Waals surface area contributed by atoms with Crippen molar-refractivity contribution in [3.05, 3.63) is 73.1 Å². The number of aromatic nitrogens is 1. The highest BCUT2D eigenvalue weighted by Gasteiger charge is 2.21. The molecule has 3 aromatic rings. The quantitative estimate of drug-likeness (QED) is 0.451. The lowest BCUT2D eigenvalue weighted by atomic mass is 10.1. The van der Waals surface area contributed by atoms with Crippen molar-refractivity contribution in [2.45, 2.75) is 6.92 Å². The maximum atomic E-state index is 12.4. The number of halogens is 2. The Labute approximate surface area is 162 Å². The molecule has 0 fully saturated rings. The molecule has 9 heteroatoms. The van der Waals surface area contributed by atoms with Crippen LogP contribution in [0.5, 0.6) is 0 Å². The molecular weight excluding hydrogens is 397 g/mol. The first-order valence-corrected chi connectivity index (χ1v) is 8.91. The number of rotatable bonds is 4. The maximum absolute atomic E-state index is 12.4. The highest BCUT2D eigenvalue weighted by atomic mass is 35.5. The third kappa shape index (κ3) is 3.70. The van der Waals surface area contributed by atoms with Crippen molar-refractivity contribution in [3.63, 3.8) is 0 Å². The van der Waals surface area contributed by atoms with E-state index in [4.69, 9.17) is 23.2 Å². The molecule has 0 aliphatic rings. The first kappa shape index (κ1) is 18.3. The fraction of sp³-hybridized carbons (Fsp3) is 0.0588. The van der Waals surface area contributed by atoms with Gasteiger partial charge in [0.15, 0.2) is 5.13 Å². The molecule has 0 saturated heterocycles. The molecule has 6 nitrogen and oxygen atoms in total. The third-order valence-corrected chi connectivity index (χ3v) is 4.98. The molecule has 0 spiro atoms. The molecule has 26 heavy (non-hydrogen) atoms. The first-order chi connectivity index (χ1) is 12.4. The number of hydrogen-bond acceptors (Lipinski definition) is 5. The van der Waals surface area contributed by atoms with E-state index in [1.165, 1.54) is 29.5 Å². The van der Waals surface area contributed by atoms with Crippen molar-refractivity contribution in [2.24, 2.45) is 0 Å². The number of aryl methyl sites for hydroxylation is 1. The molecule has 3 rings (SSSR count). The molecule has 1 N–H and O–H groups in total. The number of carbonyl (C=O) groups is 1. The zero-order valence-corrected chi connectivity index (χ0v) is 15.7. The van der Waals surface area contributed by atoms with Crippen LogP contribution in [0, 0.1) is 17.0 Å². The van der Waals surface area contributed by atoms with E-state index in [1.807, 2.05) is 6.92 Å². The number of carbonyl (C=O) groups excluding carboxylic acids is 1. The Bertz CT molecular complexity index is 1020. The Morgan fingerprint density at radius 3 is 2.65 bits per heavy atom. The summed E-state index contributed by atoms with van der Waals surface area (Å²) in [4.78, 5) is 28.1. The van der Waals surface area contributed by atoms with E-state index in [2.05, 4.69) is 10.3 Å². The van der Waals surface area contributed by atoms with Crippen LogP contribution in [0.4, 0.5) is 10.8 Å². The molecular formula is C17H11Cl2N3O3S.